The molecule has 0 heterocycles. The monoisotopic (exact) mass is 336 g/mol. The molecule has 24 heavy (non-hydrogen) atoms. The minimum Gasteiger partial charge on any atom is -0.459 e. The number of hydrogen-bond acceptors (Lipinski definition) is 6. The minimum absolute atomic E-state index is 0.378. The van der Waals surface area contributed by atoms with Crippen molar-refractivity contribution in [1.82, 2.24) is 0 Å². The van der Waals surface area contributed by atoms with E-state index in [0.717, 1.165) is 11.1 Å². The number of carbonyl (C=O) groups is 3. The molecular formula is C18H24O6. The fourth-order valence-corrected chi connectivity index (χ4v) is 2.43. The summed E-state index contributed by atoms with van der Waals surface area (Å²) in [5.74, 6) is -0.717. The number of hydrogen-bond donors (Lipinski definition) is 0. The maximum absolute atomic E-state index is 11.3. The van der Waals surface area contributed by atoms with Crippen LogP contribution in [0, 0.1) is 6.92 Å². The van der Waals surface area contributed by atoms with Gasteiger partial charge < -0.3 is 14.2 Å². The van der Waals surface area contributed by atoms with Crippen LogP contribution in [0.2, 0.25) is 0 Å². The maximum atomic E-state index is 11.3. The predicted octanol–water partition coefficient (Wildman–Crippen LogP) is 2.74. The Hall–Kier alpha value is -2.37. The highest BCUT2D eigenvalue weighted by Gasteiger charge is 2.23. The Balaban J connectivity index is 2.84. The highest BCUT2D eigenvalue weighted by molar-refractivity contribution is 5.70. The molecule has 0 aliphatic carbocycles. The van der Waals surface area contributed by atoms with Crippen LogP contribution in [0.3, 0.4) is 0 Å². The second kappa shape index (κ2) is 9.05. The van der Waals surface area contributed by atoms with Crippen molar-refractivity contribution in [3.8, 4) is 5.75 Å². The van der Waals surface area contributed by atoms with Gasteiger partial charge in [0, 0.05) is 20.8 Å². The summed E-state index contributed by atoms with van der Waals surface area (Å²) in [6.07, 6.45) is -0.00498. The van der Waals surface area contributed by atoms with E-state index in [0.29, 0.717) is 18.6 Å². The average Bonchev–Trinajstić information content (AvgIpc) is 2.45. The van der Waals surface area contributed by atoms with Crippen LogP contribution in [-0.2, 0) is 30.3 Å². The number of carbonyl (C=O) groups excluding carboxylic acids is 3. The lowest BCUT2D eigenvalue weighted by atomic mass is 9.99. The molecule has 0 aliphatic heterocycles. The second-order valence-electron chi connectivity index (χ2n) is 5.64. The lowest BCUT2D eigenvalue weighted by Crippen LogP contribution is -2.32. The number of benzene rings is 1. The van der Waals surface area contributed by atoms with Gasteiger partial charge in [0.25, 0.3) is 0 Å². The normalized spacial score (nSPS) is 12.9. The molecule has 1 aromatic carbocycles. The molecule has 0 spiro atoms. The van der Waals surface area contributed by atoms with Gasteiger partial charge in [-0.3, -0.25) is 14.4 Å². The smallest absolute Gasteiger partial charge is 0.308 e. The lowest BCUT2D eigenvalue weighted by Gasteiger charge is -2.23. The highest BCUT2D eigenvalue weighted by atomic mass is 16.6. The summed E-state index contributed by atoms with van der Waals surface area (Å²) in [5, 5.41) is 0. The Kier molecular flexibility index (Phi) is 7.42. The largest absolute Gasteiger partial charge is 0.459 e. The summed E-state index contributed by atoms with van der Waals surface area (Å²) >= 11 is 0. The van der Waals surface area contributed by atoms with Crippen molar-refractivity contribution in [2.75, 3.05) is 0 Å². The average molecular weight is 336 g/mol. The molecule has 0 saturated heterocycles. The number of esters is 3. The molecule has 0 radical (unpaired) electrons. The Labute approximate surface area is 142 Å². The van der Waals surface area contributed by atoms with E-state index in [9.17, 15) is 14.4 Å². The molecule has 0 amide bonds. The van der Waals surface area contributed by atoms with Gasteiger partial charge in [-0.15, -0.1) is 0 Å². The first-order valence-corrected chi connectivity index (χ1v) is 7.82. The van der Waals surface area contributed by atoms with Crippen molar-refractivity contribution in [2.45, 2.75) is 59.7 Å². The van der Waals surface area contributed by atoms with Crippen molar-refractivity contribution in [3.63, 3.8) is 0 Å². The summed E-state index contributed by atoms with van der Waals surface area (Å²) in [6.45, 7) is 7.54. The van der Waals surface area contributed by atoms with Gasteiger partial charge >= 0.3 is 17.9 Å². The van der Waals surface area contributed by atoms with Crippen molar-refractivity contribution in [1.29, 1.82) is 0 Å². The van der Waals surface area contributed by atoms with E-state index in [1.54, 1.807) is 19.1 Å². The van der Waals surface area contributed by atoms with Gasteiger partial charge in [0.05, 0.1) is 0 Å². The topological polar surface area (TPSA) is 78.9 Å². The zero-order valence-corrected chi connectivity index (χ0v) is 14.8. The molecule has 132 valence electrons. The number of ether oxygens (including phenoxy) is 3. The van der Waals surface area contributed by atoms with Gasteiger partial charge in [-0.25, -0.2) is 0 Å². The van der Waals surface area contributed by atoms with Gasteiger partial charge in [0.2, 0.25) is 0 Å². The van der Waals surface area contributed by atoms with Crippen molar-refractivity contribution in [2.24, 2.45) is 0 Å². The van der Waals surface area contributed by atoms with E-state index in [1.165, 1.54) is 20.8 Å². The van der Waals surface area contributed by atoms with Crippen LogP contribution in [0.5, 0.6) is 5.75 Å². The Morgan fingerprint density at radius 3 is 2.17 bits per heavy atom. The van der Waals surface area contributed by atoms with Crippen LogP contribution in [0.1, 0.15) is 45.2 Å². The molecule has 2 atom stereocenters. The molecule has 1 aromatic rings. The van der Waals surface area contributed by atoms with E-state index in [2.05, 4.69) is 0 Å². The van der Waals surface area contributed by atoms with Gasteiger partial charge in [-0.2, -0.15) is 0 Å². The molecular weight excluding hydrogens is 312 g/mol. The summed E-state index contributed by atoms with van der Waals surface area (Å²) in [7, 11) is 0. The van der Waals surface area contributed by atoms with Crippen LogP contribution >= 0.6 is 0 Å². The second-order valence-corrected chi connectivity index (χ2v) is 5.64. The Morgan fingerprint density at radius 1 is 1.00 bits per heavy atom. The van der Waals surface area contributed by atoms with E-state index in [-0.39, 0.29) is 5.97 Å². The van der Waals surface area contributed by atoms with Crippen LogP contribution < -0.4 is 4.74 Å². The highest BCUT2D eigenvalue weighted by Crippen LogP contribution is 2.24. The molecule has 0 fully saturated rings. The quantitative estimate of drug-likeness (QED) is 0.563. The van der Waals surface area contributed by atoms with Gasteiger partial charge in [-0.1, -0.05) is 12.1 Å². The van der Waals surface area contributed by atoms with E-state index >= 15 is 0 Å². The van der Waals surface area contributed by atoms with Crippen LogP contribution in [0.4, 0.5) is 0 Å². The number of rotatable bonds is 7. The van der Waals surface area contributed by atoms with Crippen molar-refractivity contribution >= 4 is 17.9 Å². The molecule has 0 saturated carbocycles. The summed E-state index contributed by atoms with van der Waals surface area (Å²) in [6, 6.07) is 5.45. The fraction of sp³-hybridized carbons (Fsp3) is 0.500. The van der Waals surface area contributed by atoms with Crippen LogP contribution in [0.15, 0.2) is 18.2 Å². The molecule has 0 aromatic heterocycles. The predicted molar refractivity (Wildman–Crippen MR) is 87.6 cm³/mol. The lowest BCUT2D eigenvalue weighted by molar-refractivity contribution is -0.164. The van der Waals surface area contributed by atoms with Crippen LogP contribution in [0.25, 0.3) is 0 Å². The van der Waals surface area contributed by atoms with Gasteiger partial charge in [-0.05, 0) is 43.9 Å². The third kappa shape index (κ3) is 6.40. The molecule has 0 unspecified atom stereocenters. The fourth-order valence-electron chi connectivity index (χ4n) is 2.43. The number of aryl methyl sites for hydroxylation is 1. The van der Waals surface area contributed by atoms with Crippen LogP contribution in [-0.4, -0.2) is 30.1 Å². The van der Waals surface area contributed by atoms with Gasteiger partial charge in [0.1, 0.15) is 18.0 Å². The molecule has 6 nitrogen and oxygen atoms in total. The van der Waals surface area contributed by atoms with Crippen molar-refractivity contribution in [3.05, 3.63) is 29.3 Å². The first kappa shape index (κ1) is 19.7. The standard InChI is InChI=1S/C18H24O6/c1-11-16(7-6-8-17(11)23-14(4)20)9-10-18(24-15(5)21)12(2)22-13(3)19/h6-8,12,18H,9-10H2,1-5H3/t12-,18-/m1/s1. The first-order chi connectivity index (χ1) is 11.2. The third-order valence-corrected chi connectivity index (χ3v) is 3.54. The summed E-state index contributed by atoms with van der Waals surface area (Å²) in [5.41, 5.74) is 1.83. The zero-order valence-electron chi connectivity index (χ0n) is 14.8. The molecule has 0 N–H and O–H groups in total. The molecule has 0 aliphatic rings. The van der Waals surface area contributed by atoms with E-state index in [4.69, 9.17) is 14.2 Å². The van der Waals surface area contributed by atoms with E-state index in [1.807, 2.05) is 13.0 Å². The molecule has 1 rings (SSSR count). The van der Waals surface area contributed by atoms with Gasteiger partial charge in [0.15, 0.2) is 0 Å². The molecule has 6 heteroatoms. The maximum Gasteiger partial charge on any atom is 0.308 e. The first-order valence-electron chi connectivity index (χ1n) is 7.82. The van der Waals surface area contributed by atoms with Crippen molar-refractivity contribution < 1.29 is 28.6 Å². The minimum atomic E-state index is -0.539. The zero-order chi connectivity index (χ0) is 18.3. The SMILES string of the molecule is CC(=O)Oc1cccc(CC[C@@H](OC(C)=O)[C@@H](C)OC(C)=O)c1C. The Morgan fingerprint density at radius 2 is 1.62 bits per heavy atom. The summed E-state index contributed by atoms with van der Waals surface area (Å²) in [4.78, 5) is 33.5. The Bertz CT molecular complexity index is 608. The molecule has 0 bridgehead atoms. The summed E-state index contributed by atoms with van der Waals surface area (Å²) < 4.78 is 15.6. The third-order valence-electron chi connectivity index (χ3n) is 3.54. The van der Waals surface area contributed by atoms with E-state index < -0.39 is 24.1 Å².